The third-order valence-corrected chi connectivity index (χ3v) is 2.78. The molecule has 0 atom stereocenters. The molecule has 0 aromatic heterocycles. The summed E-state index contributed by atoms with van der Waals surface area (Å²) in [6, 6.07) is 3.54. The first-order chi connectivity index (χ1) is 6.54. The first-order valence-corrected chi connectivity index (χ1v) is 5.60. The zero-order valence-electron chi connectivity index (χ0n) is 7.68. The highest BCUT2D eigenvalue weighted by molar-refractivity contribution is 9.08. The fraction of sp³-hybridized carbons (Fsp3) is 0.300. The summed E-state index contributed by atoms with van der Waals surface area (Å²) in [6.45, 7) is 1.92. The minimum absolute atomic E-state index is 0.0162. The molecule has 0 radical (unpaired) electrons. The van der Waals surface area contributed by atoms with Gasteiger partial charge in [0.1, 0.15) is 0 Å². The van der Waals surface area contributed by atoms with Crippen molar-refractivity contribution in [1.29, 1.82) is 0 Å². The lowest BCUT2D eigenvalue weighted by Crippen LogP contribution is -2.04. The van der Waals surface area contributed by atoms with Gasteiger partial charge in [0, 0.05) is 10.4 Å². The van der Waals surface area contributed by atoms with Crippen molar-refractivity contribution in [1.82, 2.24) is 0 Å². The van der Waals surface area contributed by atoms with Crippen LogP contribution in [-0.4, -0.2) is 11.1 Å². The average Bonchev–Trinajstić information content (AvgIpc) is 2.01. The highest BCUT2D eigenvalue weighted by Crippen LogP contribution is 2.23. The van der Waals surface area contributed by atoms with Crippen LogP contribution in [0, 0.1) is 6.92 Å². The minimum atomic E-state index is -0.839. The molecule has 0 unspecified atom stereocenters. The van der Waals surface area contributed by atoms with E-state index < -0.39 is 5.97 Å². The van der Waals surface area contributed by atoms with E-state index in [2.05, 4.69) is 15.9 Å². The van der Waals surface area contributed by atoms with Crippen LogP contribution in [-0.2, 0) is 16.5 Å². The molecule has 0 saturated carbocycles. The number of benzene rings is 1. The zero-order valence-corrected chi connectivity index (χ0v) is 10.0. The summed E-state index contributed by atoms with van der Waals surface area (Å²) in [5, 5.41) is 9.95. The maximum absolute atomic E-state index is 10.6. The summed E-state index contributed by atoms with van der Waals surface area (Å²) in [6.07, 6.45) is 0.0162. The quantitative estimate of drug-likeness (QED) is 0.862. The molecule has 0 aliphatic rings. The number of aliphatic carboxylic acids is 1. The van der Waals surface area contributed by atoms with Gasteiger partial charge < -0.3 is 5.11 Å². The van der Waals surface area contributed by atoms with Crippen molar-refractivity contribution in [3.8, 4) is 0 Å². The molecule has 0 bridgehead atoms. The van der Waals surface area contributed by atoms with Crippen LogP contribution >= 0.6 is 27.5 Å². The molecule has 0 aliphatic heterocycles. The Labute approximate surface area is 96.0 Å². The minimum Gasteiger partial charge on any atom is -0.481 e. The van der Waals surface area contributed by atoms with Gasteiger partial charge in [0.15, 0.2) is 0 Å². The van der Waals surface area contributed by atoms with Crippen LogP contribution in [0.5, 0.6) is 0 Å². The fourth-order valence-corrected chi connectivity index (χ4v) is 2.45. The van der Waals surface area contributed by atoms with Crippen molar-refractivity contribution >= 4 is 33.5 Å². The summed E-state index contributed by atoms with van der Waals surface area (Å²) in [4.78, 5) is 10.6. The summed E-state index contributed by atoms with van der Waals surface area (Å²) in [7, 11) is 0. The maximum Gasteiger partial charge on any atom is 0.307 e. The first-order valence-electron chi connectivity index (χ1n) is 4.10. The third kappa shape index (κ3) is 2.72. The van der Waals surface area contributed by atoms with Crippen molar-refractivity contribution < 1.29 is 9.90 Å². The highest BCUT2D eigenvalue weighted by Gasteiger charge is 2.09. The number of rotatable bonds is 3. The highest BCUT2D eigenvalue weighted by atomic mass is 79.9. The molecule has 0 fully saturated rings. The van der Waals surface area contributed by atoms with Gasteiger partial charge in [-0.05, 0) is 35.7 Å². The molecule has 1 N–H and O–H groups in total. The second-order valence-corrected chi connectivity index (χ2v) is 4.06. The Morgan fingerprint density at radius 1 is 1.57 bits per heavy atom. The predicted octanol–water partition coefficient (Wildman–Crippen LogP) is 3.17. The summed E-state index contributed by atoms with van der Waals surface area (Å²) in [5.41, 5.74) is 2.81. The lowest BCUT2D eigenvalue weighted by molar-refractivity contribution is -0.136. The Morgan fingerprint density at radius 3 is 2.71 bits per heavy atom. The Balaban J connectivity index is 3.17. The number of carboxylic acid groups (broad SMARTS) is 1. The average molecular weight is 278 g/mol. The van der Waals surface area contributed by atoms with E-state index in [-0.39, 0.29) is 6.42 Å². The van der Waals surface area contributed by atoms with Crippen LogP contribution in [0.2, 0.25) is 5.02 Å². The molecule has 1 aromatic rings. The number of hydrogen-bond acceptors (Lipinski definition) is 1. The van der Waals surface area contributed by atoms with E-state index in [0.29, 0.717) is 10.4 Å². The van der Waals surface area contributed by atoms with Crippen LogP contribution in [0.4, 0.5) is 0 Å². The van der Waals surface area contributed by atoms with Crippen molar-refractivity contribution in [3.63, 3.8) is 0 Å². The lowest BCUT2D eigenvalue weighted by Gasteiger charge is -2.09. The number of carbonyl (C=O) groups is 1. The van der Waals surface area contributed by atoms with Crippen LogP contribution < -0.4 is 0 Å². The Kier molecular flexibility index (Phi) is 3.96. The fourth-order valence-electron chi connectivity index (χ4n) is 1.35. The number of halogens is 2. The molecule has 0 amide bonds. The van der Waals surface area contributed by atoms with Gasteiger partial charge in [0.05, 0.1) is 6.42 Å². The van der Waals surface area contributed by atoms with Crippen molar-refractivity contribution in [2.75, 3.05) is 0 Å². The Hall–Kier alpha value is -0.540. The molecule has 0 spiro atoms. The van der Waals surface area contributed by atoms with E-state index in [1.54, 1.807) is 6.07 Å². The van der Waals surface area contributed by atoms with E-state index in [9.17, 15) is 4.79 Å². The lowest BCUT2D eigenvalue weighted by atomic mass is 10.0. The molecule has 0 heterocycles. The molecule has 1 aromatic carbocycles. The van der Waals surface area contributed by atoms with Gasteiger partial charge in [-0.15, -0.1) is 0 Å². The van der Waals surface area contributed by atoms with Gasteiger partial charge in [-0.25, -0.2) is 0 Å². The van der Waals surface area contributed by atoms with E-state index in [4.69, 9.17) is 16.7 Å². The van der Waals surface area contributed by atoms with E-state index in [1.165, 1.54) is 0 Å². The van der Waals surface area contributed by atoms with Crippen LogP contribution in [0.25, 0.3) is 0 Å². The van der Waals surface area contributed by atoms with E-state index in [1.807, 2.05) is 13.0 Å². The second kappa shape index (κ2) is 4.80. The summed E-state index contributed by atoms with van der Waals surface area (Å²) in [5.74, 6) is -0.839. The van der Waals surface area contributed by atoms with Crippen molar-refractivity contribution in [3.05, 3.63) is 33.8 Å². The maximum atomic E-state index is 10.6. The Morgan fingerprint density at radius 2 is 2.21 bits per heavy atom. The topological polar surface area (TPSA) is 37.3 Å². The van der Waals surface area contributed by atoms with Crippen molar-refractivity contribution in [2.24, 2.45) is 0 Å². The molecule has 1 rings (SSSR count). The van der Waals surface area contributed by atoms with Gasteiger partial charge in [-0.2, -0.15) is 0 Å². The van der Waals surface area contributed by atoms with Crippen LogP contribution in [0.1, 0.15) is 16.7 Å². The molecule has 0 saturated heterocycles. The van der Waals surface area contributed by atoms with Gasteiger partial charge in [0.25, 0.3) is 0 Å². The van der Waals surface area contributed by atoms with Gasteiger partial charge in [0.2, 0.25) is 0 Å². The molecule has 76 valence electrons. The second-order valence-electron chi connectivity index (χ2n) is 3.06. The Bertz CT molecular complexity index is 363. The molecule has 4 heteroatoms. The molecule has 2 nitrogen and oxygen atoms in total. The predicted molar refractivity (Wildman–Crippen MR) is 60.2 cm³/mol. The van der Waals surface area contributed by atoms with Crippen LogP contribution in [0.3, 0.4) is 0 Å². The largest absolute Gasteiger partial charge is 0.481 e. The number of alkyl halides is 1. The van der Waals surface area contributed by atoms with Crippen molar-refractivity contribution in [2.45, 2.75) is 18.7 Å². The van der Waals surface area contributed by atoms with Gasteiger partial charge in [-0.3, -0.25) is 4.79 Å². The van der Waals surface area contributed by atoms with Crippen LogP contribution in [0.15, 0.2) is 12.1 Å². The summed E-state index contributed by atoms with van der Waals surface area (Å²) >= 11 is 9.19. The molecular formula is C10H10BrClO2. The van der Waals surface area contributed by atoms with E-state index >= 15 is 0 Å². The summed E-state index contributed by atoms with van der Waals surface area (Å²) < 4.78 is 0. The molecular weight excluding hydrogens is 267 g/mol. The van der Waals surface area contributed by atoms with E-state index in [0.717, 1.165) is 16.7 Å². The number of hydrogen-bond donors (Lipinski definition) is 1. The first kappa shape index (κ1) is 11.5. The number of aryl methyl sites for hydroxylation is 1. The zero-order chi connectivity index (χ0) is 10.7. The number of carboxylic acids is 1. The monoisotopic (exact) mass is 276 g/mol. The van der Waals surface area contributed by atoms with Gasteiger partial charge >= 0.3 is 5.97 Å². The molecule has 14 heavy (non-hydrogen) atoms. The smallest absolute Gasteiger partial charge is 0.307 e. The SMILES string of the molecule is Cc1cc(Cl)cc(CC(=O)O)c1CBr. The van der Waals surface area contributed by atoms with Gasteiger partial charge in [-0.1, -0.05) is 27.5 Å². The molecule has 0 aliphatic carbocycles. The normalized spacial score (nSPS) is 10.2. The standard InChI is InChI=1S/C10H10BrClO2/c1-6-2-8(12)3-7(4-10(13)14)9(6)5-11/h2-3H,4-5H2,1H3,(H,13,14). The third-order valence-electron chi connectivity index (χ3n) is 2.01.